The van der Waals surface area contributed by atoms with E-state index in [2.05, 4.69) is 9.97 Å². The van der Waals surface area contributed by atoms with Crippen LogP contribution in [0.25, 0.3) is 0 Å². The van der Waals surface area contributed by atoms with Crippen LogP contribution in [-0.4, -0.2) is 40.0 Å². The van der Waals surface area contributed by atoms with Crippen LogP contribution in [0.15, 0.2) is 6.07 Å². The normalized spacial score (nSPS) is 16.4. The average Bonchev–Trinajstić information content (AvgIpc) is 2.38. The van der Waals surface area contributed by atoms with Gasteiger partial charge in [-0.05, 0) is 25.8 Å². The van der Waals surface area contributed by atoms with Gasteiger partial charge in [-0.15, -0.1) is 0 Å². The van der Waals surface area contributed by atoms with Crippen molar-refractivity contribution in [3.05, 3.63) is 17.5 Å². The van der Waals surface area contributed by atoms with Gasteiger partial charge < -0.3 is 15.7 Å². The van der Waals surface area contributed by atoms with Gasteiger partial charge in [-0.2, -0.15) is 0 Å². The predicted octanol–water partition coefficient (Wildman–Crippen LogP) is 0.185. The molecule has 7 nitrogen and oxygen atoms in total. The third-order valence-electron chi connectivity index (χ3n) is 3.24. The summed E-state index contributed by atoms with van der Waals surface area (Å²) >= 11 is 0. The smallest absolute Gasteiger partial charge is 0.354 e. The summed E-state index contributed by atoms with van der Waals surface area (Å²) in [7, 11) is 0. The Morgan fingerprint density at radius 2 is 2.00 bits per heavy atom. The summed E-state index contributed by atoms with van der Waals surface area (Å²) in [6, 6.07) is 1.43. The number of nitrogens with two attached hydrogens (primary N) is 1. The lowest BCUT2D eigenvalue weighted by molar-refractivity contribution is -0.122. The molecule has 0 atom stereocenters. The molecule has 19 heavy (non-hydrogen) atoms. The summed E-state index contributed by atoms with van der Waals surface area (Å²) in [4.78, 5) is 32.2. The largest absolute Gasteiger partial charge is 0.477 e. The number of primary amides is 1. The Morgan fingerprint density at radius 1 is 1.37 bits per heavy atom. The maximum atomic E-state index is 11.1. The minimum Gasteiger partial charge on any atom is -0.477 e. The van der Waals surface area contributed by atoms with Crippen molar-refractivity contribution in [2.24, 2.45) is 11.7 Å². The summed E-state index contributed by atoms with van der Waals surface area (Å²) in [5, 5.41) is 8.98. The Kier molecular flexibility index (Phi) is 3.64. The third kappa shape index (κ3) is 2.98. The first-order valence-corrected chi connectivity index (χ1v) is 6.10. The van der Waals surface area contributed by atoms with Gasteiger partial charge in [-0.3, -0.25) is 4.79 Å². The molecule has 1 amide bonds. The first-order chi connectivity index (χ1) is 8.97. The van der Waals surface area contributed by atoms with E-state index in [1.54, 1.807) is 6.92 Å². The topological polar surface area (TPSA) is 109 Å². The summed E-state index contributed by atoms with van der Waals surface area (Å²) < 4.78 is 0. The van der Waals surface area contributed by atoms with Gasteiger partial charge in [-0.1, -0.05) is 0 Å². The first-order valence-electron chi connectivity index (χ1n) is 6.10. The Bertz CT molecular complexity index is 510. The van der Waals surface area contributed by atoms with Crippen molar-refractivity contribution in [1.29, 1.82) is 0 Å². The number of anilines is 1. The molecule has 3 N–H and O–H groups in total. The van der Waals surface area contributed by atoms with Crippen molar-refractivity contribution in [1.82, 2.24) is 9.97 Å². The lowest BCUT2D eigenvalue weighted by atomic mass is 9.96. The van der Waals surface area contributed by atoms with Crippen LogP contribution in [0.1, 0.15) is 29.0 Å². The van der Waals surface area contributed by atoms with Gasteiger partial charge in [0.1, 0.15) is 0 Å². The molecule has 0 aromatic carbocycles. The SMILES string of the molecule is Cc1cc(C(=O)O)nc(N2CCC(C(N)=O)CC2)n1. The second-order valence-corrected chi connectivity index (χ2v) is 4.66. The molecule has 1 aromatic rings. The van der Waals surface area contributed by atoms with Crippen LogP contribution in [-0.2, 0) is 4.79 Å². The molecule has 7 heteroatoms. The molecule has 1 aliphatic heterocycles. The number of amides is 1. The molecular formula is C12H16N4O3. The maximum absolute atomic E-state index is 11.1. The Morgan fingerprint density at radius 3 is 2.53 bits per heavy atom. The van der Waals surface area contributed by atoms with Gasteiger partial charge >= 0.3 is 5.97 Å². The monoisotopic (exact) mass is 264 g/mol. The standard InChI is InChI=1S/C12H16N4O3/c1-7-6-9(11(18)19)15-12(14-7)16-4-2-8(3-5-16)10(13)17/h6,8H,2-5H2,1H3,(H2,13,17)(H,18,19). The molecule has 1 fully saturated rings. The van der Waals surface area contributed by atoms with Crippen LogP contribution in [0.3, 0.4) is 0 Å². The summed E-state index contributed by atoms with van der Waals surface area (Å²) in [6.45, 7) is 2.94. The van der Waals surface area contributed by atoms with Crippen LogP contribution in [0.2, 0.25) is 0 Å². The Hall–Kier alpha value is -2.18. The van der Waals surface area contributed by atoms with E-state index in [-0.39, 0.29) is 17.5 Å². The third-order valence-corrected chi connectivity index (χ3v) is 3.24. The van der Waals surface area contributed by atoms with Crippen LogP contribution in [0, 0.1) is 12.8 Å². The number of rotatable bonds is 3. The highest BCUT2D eigenvalue weighted by atomic mass is 16.4. The second-order valence-electron chi connectivity index (χ2n) is 4.66. The van der Waals surface area contributed by atoms with Crippen LogP contribution in [0.4, 0.5) is 5.95 Å². The summed E-state index contributed by atoms with van der Waals surface area (Å²) in [5.41, 5.74) is 5.87. The second kappa shape index (κ2) is 5.21. The zero-order chi connectivity index (χ0) is 14.0. The van der Waals surface area contributed by atoms with Gasteiger partial charge in [0.05, 0.1) is 0 Å². The average molecular weight is 264 g/mol. The van der Waals surface area contributed by atoms with Gasteiger partial charge in [-0.25, -0.2) is 14.8 Å². The number of carboxylic acids is 1. The quantitative estimate of drug-likeness (QED) is 0.806. The maximum Gasteiger partial charge on any atom is 0.354 e. The van der Waals surface area contributed by atoms with Crippen molar-refractivity contribution in [3.63, 3.8) is 0 Å². The molecule has 2 rings (SSSR count). The number of aromatic nitrogens is 2. The van der Waals surface area contributed by atoms with E-state index in [0.717, 1.165) is 0 Å². The van der Waals surface area contributed by atoms with Crippen molar-refractivity contribution < 1.29 is 14.7 Å². The fourth-order valence-electron chi connectivity index (χ4n) is 2.17. The summed E-state index contributed by atoms with van der Waals surface area (Å²) in [5.74, 6) is -1.06. The number of carbonyl (C=O) groups is 2. The highest BCUT2D eigenvalue weighted by Gasteiger charge is 2.25. The lowest BCUT2D eigenvalue weighted by Gasteiger charge is -2.30. The number of nitrogens with zero attached hydrogens (tertiary/aromatic N) is 3. The van der Waals surface area contributed by atoms with E-state index in [1.807, 2.05) is 4.90 Å². The molecular weight excluding hydrogens is 248 g/mol. The van der Waals surface area contributed by atoms with Crippen molar-refractivity contribution in [2.45, 2.75) is 19.8 Å². The molecule has 1 aliphatic rings. The minimum absolute atomic E-state index is 0.0143. The number of piperidine rings is 1. The fourth-order valence-corrected chi connectivity index (χ4v) is 2.17. The van der Waals surface area contributed by atoms with Crippen molar-refractivity contribution >= 4 is 17.8 Å². The number of aryl methyl sites for hydroxylation is 1. The molecule has 0 radical (unpaired) electrons. The molecule has 0 unspecified atom stereocenters. The molecule has 0 bridgehead atoms. The zero-order valence-corrected chi connectivity index (χ0v) is 10.7. The number of aromatic carboxylic acids is 1. The molecule has 0 aliphatic carbocycles. The highest BCUT2D eigenvalue weighted by molar-refractivity contribution is 5.85. The van der Waals surface area contributed by atoms with Crippen molar-refractivity contribution in [3.8, 4) is 0 Å². The molecule has 102 valence electrons. The zero-order valence-electron chi connectivity index (χ0n) is 10.7. The van der Waals surface area contributed by atoms with Crippen LogP contribution >= 0.6 is 0 Å². The summed E-state index contributed by atoms with van der Waals surface area (Å²) in [6.07, 6.45) is 1.30. The Labute approximate surface area is 110 Å². The fraction of sp³-hybridized carbons (Fsp3) is 0.500. The van der Waals surface area contributed by atoms with E-state index >= 15 is 0 Å². The molecule has 0 spiro atoms. The van der Waals surface area contributed by atoms with Gasteiger partial charge in [0, 0.05) is 24.7 Å². The van der Waals surface area contributed by atoms with E-state index in [1.165, 1.54) is 6.07 Å². The first kappa shape index (κ1) is 13.3. The van der Waals surface area contributed by atoms with E-state index < -0.39 is 5.97 Å². The van der Waals surface area contributed by atoms with Crippen molar-refractivity contribution in [2.75, 3.05) is 18.0 Å². The van der Waals surface area contributed by atoms with Gasteiger partial charge in [0.2, 0.25) is 11.9 Å². The lowest BCUT2D eigenvalue weighted by Crippen LogP contribution is -2.39. The highest BCUT2D eigenvalue weighted by Crippen LogP contribution is 2.20. The van der Waals surface area contributed by atoms with E-state index in [4.69, 9.17) is 10.8 Å². The van der Waals surface area contributed by atoms with Gasteiger partial charge in [0.25, 0.3) is 0 Å². The molecule has 2 heterocycles. The molecule has 0 saturated carbocycles. The van der Waals surface area contributed by atoms with Crippen LogP contribution < -0.4 is 10.6 Å². The number of hydrogen-bond donors (Lipinski definition) is 2. The molecule has 1 aromatic heterocycles. The number of carboxylic acid groups (broad SMARTS) is 1. The van der Waals surface area contributed by atoms with Crippen LogP contribution in [0.5, 0.6) is 0 Å². The number of hydrogen-bond acceptors (Lipinski definition) is 5. The van der Waals surface area contributed by atoms with E-state index in [0.29, 0.717) is 37.6 Å². The predicted molar refractivity (Wildman–Crippen MR) is 67.9 cm³/mol. The van der Waals surface area contributed by atoms with E-state index in [9.17, 15) is 9.59 Å². The minimum atomic E-state index is -1.07. The number of carbonyl (C=O) groups excluding carboxylic acids is 1. The Balaban J connectivity index is 2.15. The van der Waals surface area contributed by atoms with Gasteiger partial charge in [0.15, 0.2) is 5.69 Å². The molecule has 1 saturated heterocycles.